The molecule has 0 aliphatic heterocycles. The Morgan fingerprint density at radius 1 is 0.885 bits per heavy atom. The van der Waals surface area contributed by atoms with Crippen LogP contribution in [0.25, 0.3) is 0 Å². The van der Waals surface area contributed by atoms with Crippen LogP contribution in [0.3, 0.4) is 0 Å². The van der Waals surface area contributed by atoms with Crippen molar-refractivity contribution in [3.05, 3.63) is 70.8 Å². The Hall–Kier alpha value is -1.11. The summed E-state index contributed by atoms with van der Waals surface area (Å²) in [5, 5.41) is 0. The van der Waals surface area contributed by atoms with Crippen molar-refractivity contribution in [1.82, 2.24) is 4.90 Å². The van der Waals surface area contributed by atoms with E-state index in [2.05, 4.69) is 24.0 Å². The summed E-state index contributed by atoms with van der Waals surface area (Å²) in [6.45, 7) is 8.57. The Morgan fingerprint density at radius 3 is 1.92 bits per heavy atom. The molecule has 0 bridgehead atoms. The van der Waals surface area contributed by atoms with E-state index in [0.717, 1.165) is 12.1 Å². The highest BCUT2D eigenvalue weighted by atomic mass is 32.1. The average Bonchev–Trinajstić information content (AvgIpc) is 2.54. The van der Waals surface area contributed by atoms with Crippen LogP contribution in [0.5, 0.6) is 0 Å². The van der Waals surface area contributed by atoms with Crippen molar-refractivity contribution >= 4 is 27.0 Å². The summed E-state index contributed by atoms with van der Waals surface area (Å²) in [4.78, 5) is 2.21. The molecule has 0 aliphatic rings. The molecule has 0 N–H and O–H groups in total. The molecule has 0 aliphatic carbocycles. The summed E-state index contributed by atoms with van der Waals surface area (Å²) in [6.07, 6.45) is -4.32. The van der Waals surface area contributed by atoms with Crippen molar-refractivity contribution in [1.29, 1.82) is 0 Å². The zero-order valence-corrected chi connectivity index (χ0v) is 17.6. The largest absolute Gasteiger partial charge is 0.416 e. The van der Waals surface area contributed by atoms with Crippen LogP contribution in [0.1, 0.15) is 55.1 Å². The highest BCUT2D eigenvalue weighted by Crippen LogP contribution is 2.35. The van der Waals surface area contributed by atoms with E-state index in [-0.39, 0.29) is 39.1 Å². The highest BCUT2D eigenvalue weighted by Gasteiger charge is 2.32. The Morgan fingerprint density at radius 2 is 1.42 bits per heavy atom. The number of alkyl halides is 3. The van der Waals surface area contributed by atoms with Gasteiger partial charge in [0.1, 0.15) is 0 Å². The Kier molecular flexibility index (Phi) is 9.84. The van der Waals surface area contributed by atoms with Crippen LogP contribution >= 0.6 is 27.0 Å². The average molecular weight is 404 g/mol. The lowest BCUT2D eigenvalue weighted by molar-refractivity contribution is -0.137. The molecule has 1 unspecified atom stereocenters. The molecule has 0 aromatic heterocycles. The van der Waals surface area contributed by atoms with E-state index in [1.54, 1.807) is 6.92 Å². The van der Waals surface area contributed by atoms with Gasteiger partial charge in [-0.05, 0) is 50.6 Å². The van der Waals surface area contributed by atoms with E-state index in [0.29, 0.717) is 11.1 Å². The number of benzene rings is 2. The second-order valence-electron chi connectivity index (χ2n) is 6.22. The van der Waals surface area contributed by atoms with E-state index >= 15 is 0 Å². The van der Waals surface area contributed by atoms with Gasteiger partial charge in [0.05, 0.1) is 5.56 Å². The smallest absolute Gasteiger partial charge is 0.290 e. The van der Waals surface area contributed by atoms with Gasteiger partial charge in [-0.3, -0.25) is 4.90 Å². The second kappa shape index (κ2) is 10.3. The zero-order valence-electron chi connectivity index (χ0n) is 15.6. The molecule has 0 saturated carbocycles. The van der Waals surface area contributed by atoms with E-state index in [9.17, 15) is 13.2 Å². The molecule has 0 saturated heterocycles. The summed E-state index contributed by atoms with van der Waals surface area (Å²) in [7, 11) is 0. The minimum atomic E-state index is -4.32. The molecule has 6 heteroatoms. The van der Waals surface area contributed by atoms with Crippen LogP contribution in [0, 0.1) is 6.92 Å². The van der Waals surface area contributed by atoms with Crippen LogP contribution < -0.4 is 0 Å². The maximum absolute atomic E-state index is 13.1. The van der Waals surface area contributed by atoms with Crippen LogP contribution in [0.2, 0.25) is 0 Å². The molecule has 2 rings (SSSR count). The molecule has 1 nitrogen and oxygen atoms in total. The fraction of sp³-hybridized carbons (Fsp3) is 0.400. The molecule has 2 aromatic carbocycles. The Balaban J connectivity index is 0.00000312. The summed E-state index contributed by atoms with van der Waals surface area (Å²) in [6, 6.07) is 14.4. The monoisotopic (exact) mass is 403 g/mol. The predicted octanol–water partition coefficient (Wildman–Crippen LogP) is 6.38. The van der Waals surface area contributed by atoms with Gasteiger partial charge in [0.25, 0.3) is 0 Å². The van der Waals surface area contributed by atoms with E-state index in [4.69, 9.17) is 0 Å². The number of aryl methyl sites for hydroxylation is 1. The Labute approximate surface area is 168 Å². The summed E-state index contributed by atoms with van der Waals surface area (Å²) >= 11 is 0. The fourth-order valence-corrected chi connectivity index (χ4v) is 3.22. The van der Waals surface area contributed by atoms with Crippen LogP contribution in [-0.4, -0.2) is 11.4 Å². The molecule has 0 radical (unpaired) electrons. The van der Waals surface area contributed by atoms with Gasteiger partial charge in [0.2, 0.25) is 0 Å². The van der Waals surface area contributed by atoms with E-state index in [1.807, 2.05) is 38.1 Å². The lowest BCUT2D eigenvalue weighted by Crippen LogP contribution is -2.30. The summed E-state index contributed by atoms with van der Waals surface area (Å²) < 4.78 is 39.3. The first kappa shape index (κ1) is 24.9. The number of hydrogen-bond acceptors (Lipinski definition) is 1. The van der Waals surface area contributed by atoms with Gasteiger partial charge >= 0.3 is 6.18 Å². The first-order chi connectivity index (χ1) is 11.2. The maximum Gasteiger partial charge on any atom is 0.416 e. The van der Waals surface area contributed by atoms with Gasteiger partial charge in [-0.25, -0.2) is 0 Å². The quantitative estimate of drug-likeness (QED) is 0.560. The lowest BCUT2D eigenvalue weighted by Gasteiger charge is -2.34. The molecule has 2 aromatic rings. The minimum Gasteiger partial charge on any atom is -0.290 e. The first-order valence-electron chi connectivity index (χ1n) is 8.23. The third-order valence-corrected chi connectivity index (χ3v) is 4.55. The molecular weight excluding hydrogens is 375 g/mol. The first-order valence-corrected chi connectivity index (χ1v) is 8.23. The van der Waals surface area contributed by atoms with Gasteiger partial charge < -0.3 is 0 Å². The van der Waals surface area contributed by atoms with Crippen molar-refractivity contribution in [2.24, 2.45) is 0 Å². The van der Waals surface area contributed by atoms with Crippen LogP contribution in [0.4, 0.5) is 13.2 Å². The summed E-state index contributed by atoms with van der Waals surface area (Å²) in [5.41, 5.74) is 1.92. The maximum atomic E-state index is 13.1. The molecule has 2 atom stereocenters. The van der Waals surface area contributed by atoms with E-state index in [1.165, 1.54) is 12.1 Å². The second-order valence-corrected chi connectivity index (χ2v) is 6.22. The highest BCUT2D eigenvalue weighted by molar-refractivity contribution is 7.59. The lowest BCUT2D eigenvalue weighted by atomic mass is 9.98. The fourth-order valence-electron chi connectivity index (χ4n) is 3.22. The van der Waals surface area contributed by atoms with Crippen molar-refractivity contribution in [2.45, 2.75) is 46.0 Å². The summed E-state index contributed by atoms with van der Waals surface area (Å²) in [5.74, 6) is 0. The van der Waals surface area contributed by atoms with Gasteiger partial charge in [-0.1, -0.05) is 48.9 Å². The van der Waals surface area contributed by atoms with Crippen molar-refractivity contribution in [3.63, 3.8) is 0 Å². The van der Waals surface area contributed by atoms with Crippen LogP contribution in [0.15, 0.2) is 48.5 Å². The zero-order chi connectivity index (χ0) is 17.9. The molecular formula is C20H28F3NS2. The van der Waals surface area contributed by atoms with Crippen LogP contribution in [-0.2, 0) is 6.18 Å². The molecule has 0 fully saturated rings. The topological polar surface area (TPSA) is 3.24 Å². The molecule has 26 heavy (non-hydrogen) atoms. The Bertz CT molecular complexity index is 675. The molecule has 0 heterocycles. The number of nitrogens with zero attached hydrogens (tertiary/aromatic N) is 1. The van der Waals surface area contributed by atoms with Crippen molar-refractivity contribution < 1.29 is 13.2 Å². The third kappa shape index (κ3) is 5.96. The number of rotatable bonds is 5. The standard InChI is InChI=1S/C20H24F3N.2H2S/c1-5-24(15(3)17-9-7-6-8-10-17)16(4)18-11-14(2)12-19(13-18)20(21,22)23;;/h6-13,15-16H,5H2,1-4H3;2*1H2/t15?,16-;;/m0../s1. The van der Waals surface area contributed by atoms with Gasteiger partial charge in [-0.2, -0.15) is 40.2 Å². The van der Waals surface area contributed by atoms with Crippen molar-refractivity contribution in [3.8, 4) is 0 Å². The number of hydrogen-bond donors (Lipinski definition) is 0. The van der Waals surface area contributed by atoms with Gasteiger partial charge in [-0.15, -0.1) is 0 Å². The predicted molar refractivity (Wildman–Crippen MR) is 113 cm³/mol. The molecule has 146 valence electrons. The molecule has 0 spiro atoms. The van der Waals surface area contributed by atoms with Gasteiger partial charge in [0.15, 0.2) is 0 Å². The number of halogens is 3. The minimum absolute atomic E-state index is 0. The van der Waals surface area contributed by atoms with Crippen molar-refractivity contribution in [2.75, 3.05) is 6.54 Å². The van der Waals surface area contributed by atoms with E-state index < -0.39 is 11.7 Å². The normalized spacial score (nSPS) is 13.5. The third-order valence-electron chi connectivity index (χ3n) is 4.55. The van der Waals surface area contributed by atoms with Gasteiger partial charge in [0, 0.05) is 12.1 Å². The molecule has 0 amide bonds. The SMILES string of the molecule is CCN(C(C)c1ccccc1)[C@@H](C)c1cc(C)cc(C(F)(F)F)c1.S.S.